The standard InChI is InChI=1S/C20H18N2O4S/c1-25-16-11-9-15(10-12-16)18-14-19(20-8-5-13-26-20)22(21-18)27(23,24)17-6-3-2-4-7-17/h2-13,19H,14H2,1H3/t19-/m1/s1. The first kappa shape index (κ1) is 17.4. The van der Waals surface area contributed by atoms with Gasteiger partial charge in [0, 0.05) is 6.42 Å². The molecule has 1 aliphatic rings. The fourth-order valence-electron chi connectivity index (χ4n) is 3.06. The van der Waals surface area contributed by atoms with Crippen LogP contribution in [0.3, 0.4) is 0 Å². The van der Waals surface area contributed by atoms with Crippen molar-refractivity contribution < 1.29 is 17.6 Å². The van der Waals surface area contributed by atoms with Crippen LogP contribution in [0, 0.1) is 0 Å². The molecule has 2 aromatic carbocycles. The molecule has 0 aliphatic carbocycles. The number of furan rings is 1. The lowest BCUT2D eigenvalue weighted by atomic mass is 10.0. The Hall–Kier alpha value is -3.06. The van der Waals surface area contributed by atoms with Gasteiger partial charge in [0.05, 0.1) is 24.0 Å². The molecule has 0 saturated heterocycles. The second kappa shape index (κ2) is 6.92. The molecule has 1 aliphatic heterocycles. The molecule has 0 fully saturated rings. The largest absolute Gasteiger partial charge is 0.497 e. The van der Waals surface area contributed by atoms with E-state index in [-0.39, 0.29) is 4.90 Å². The van der Waals surface area contributed by atoms with Crippen molar-refractivity contribution in [1.29, 1.82) is 0 Å². The summed E-state index contributed by atoms with van der Waals surface area (Å²) in [4.78, 5) is 0.196. The van der Waals surface area contributed by atoms with Crippen LogP contribution < -0.4 is 4.74 Å². The lowest BCUT2D eigenvalue weighted by Gasteiger charge is -2.21. The maximum atomic E-state index is 13.2. The number of ether oxygens (including phenoxy) is 1. The zero-order chi connectivity index (χ0) is 18.9. The van der Waals surface area contributed by atoms with Gasteiger partial charge in [-0.3, -0.25) is 0 Å². The number of hydrogen-bond donors (Lipinski definition) is 0. The third-order valence-corrected chi connectivity index (χ3v) is 6.15. The number of hydrogen-bond acceptors (Lipinski definition) is 5. The van der Waals surface area contributed by atoms with Gasteiger partial charge in [-0.1, -0.05) is 18.2 Å². The Labute approximate surface area is 157 Å². The fraction of sp³-hybridized carbons (Fsp3) is 0.150. The Morgan fingerprint density at radius 1 is 1.04 bits per heavy atom. The van der Waals surface area contributed by atoms with Crippen molar-refractivity contribution in [3.8, 4) is 5.75 Å². The molecular weight excluding hydrogens is 364 g/mol. The van der Waals surface area contributed by atoms with E-state index in [1.54, 1.807) is 49.6 Å². The normalized spacial score (nSPS) is 17.0. The molecule has 0 radical (unpaired) electrons. The number of hydrazone groups is 1. The van der Waals surface area contributed by atoms with Crippen molar-refractivity contribution in [2.75, 3.05) is 7.11 Å². The van der Waals surface area contributed by atoms with Crippen molar-refractivity contribution in [3.05, 3.63) is 84.3 Å². The third-order valence-electron chi connectivity index (χ3n) is 4.45. The van der Waals surface area contributed by atoms with Gasteiger partial charge >= 0.3 is 0 Å². The summed E-state index contributed by atoms with van der Waals surface area (Å²) in [6, 6.07) is 18.7. The molecule has 138 valence electrons. The average Bonchev–Trinajstić information content (AvgIpc) is 3.38. The van der Waals surface area contributed by atoms with Crippen LogP contribution in [-0.2, 0) is 10.0 Å². The fourth-order valence-corrected chi connectivity index (χ4v) is 4.50. The van der Waals surface area contributed by atoms with Crippen LogP contribution in [0.1, 0.15) is 23.8 Å². The van der Waals surface area contributed by atoms with E-state index in [0.717, 1.165) is 15.7 Å². The second-order valence-corrected chi connectivity index (χ2v) is 7.90. The van der Waals surface area contributed by atoms with Gasteiger partial charge in [0.25, 0.3) is 10.0 Å². The van der Waals surface area contributed by atoms with Crippen LogP contribution in [0.25, 0.3) is 0 Å². The van der Waals surface area contributed by atoms with Gasteiger partial charge in [0.1, 0.15) is 17.6 Å². The van der Waals surface area contributed by atoms with Gasteiger partial charge < -0.3 is 9.15 Å². The summed E-state index contributed by atoms with van der Waals surface area (Å²) in [6.07, 6.45) is 1.96. The van der Waals surface area contributed by atoms with Gasteiger partial charge in [-0.05, 0) is 54.1 Å². The summed E-state index contributed by atoms with van der Waals surface area (Å²) < 4.78 is 38.2. The maximum Gasteiger partial charge on any atom is 0.279 e. The Kier molecular flexibility index (Phi) is 4.45. The Bertz CT molecular complexity index is 1040. The van der Waals surface area contributed by atoms with Crippen LogP contribution in [0.2, 0.25) is 0 Å². The van der Waals surface area contributed by atoms with Gasteiger partial charge in [0.15, 0.2) is 0 Å². The summed E-state index contributed by atoms with van der Waals surface area (Å²) in [6.45, 7) is 0. The van der Waals surface area contributed by atoms with Gasteiger partial charge in [-0.15, -0.1) is 0 Å². The number of sulfonamides is 1. The molecule has 0 unspecified atom stereocenters. The van der Waals surface area contributed by atoms with E-state index in [1.165, 1.54) is 6.26 Å². The minimum Gasteiger partial charge on any atom is -0.497 e. The molecule has 27 heavy (non-hydrogen) atoms. The number of benzene rings is 2. The van der Waals surface area contributed by atoms with Crippen molar-refractivity contribution in [1.82, 2.24) is 4.41 Å². The lowest BCUT2D eigenvalue weighted by Crippen LogP contribution is -2.27. The summed E-state index contributed by atoms with van der Waals surface area (Å²) in [5, 5.41) is 4.46. The molecule has 3 aromatic rings. The van der Waals surface area contributed by atoms with E-state index in [4.69, 9.17) is 9.15 Å². The number of rotatable bonds is 5. The minimum absolute atomic E-state index is 0.196. The molecule has 0 N–H and O–H groups in total. The highest BCUT2D eigenvalue weighted by Crippen LogP contribution is 2.37. The van der Waals surface area contributed by atoms with E-state index in [2.05, 4.69) is 5.10 Å². The smallest absolute Gasteiger partial charge is 0.279 e. The van der Waals surface area contributed by atoms with Crippen LogP contribution >= 0.6 is 0 Å². The minimum atomic E-state index is -3.81. The molecule has 7 heteroatoms. The Balaban J connectivity index is 1.76. The summed E-state index contributed by atoms with van der Waals surface area (Å²) >= 11 is 0. The van der Waals surface area contributed by atoms with Crippen LogP contribution in [0.5, 0.6) is 5.75 Å². The number of nitrogens with zero attached hydrogens (tertiary/aromatic N) is 2. The van der Waals surface area contributed by atoms with E-state index in [0.29, 0.717) is 17.9 Å². The molecule has 1 aromatic heterocycles. The van der Waals surface area contributed by atoms with Crippen molar-refractivity contribution >= 4 is 15.7 Å². The molecule has 6 nitrogen and oxygen atoms in total. The Morgan fingerprint density at radius 3 is 2.41 bits per heavy atom. The van der Waals surface area contributed by atoms with Gasteiger partial charge in [-0.25, -0.2) is 0 Å². The highest BCUT2D eigenvalue weighted by Gasteiger charge is 2.39. The second-order valence-electron chi connectivity index (χ2n) is 6.10. The zero-order valence-corrected chi connectivity index (χ0v) is 15.5. The molecule has 2 heterocycles. The molecule has 0 saturated carbocycles. The average molecular weight is 382 g/mol. The van der Waals surface area contributed by atoms with E-state index >= 15 is 0 Å². The topological polar surface area (TPSA) is 72.1 Å². The highest BCUT2D eigenvalue weighted by molar-refractivity contribution is 7.89. The van der Waals surface area contributed by atoms with Gasteiger partial charge in [0.2, 0.25) is 0 Å². The van der Waals surface area contributed by atoms with Crippen molar-refractivity contribution in [2.45, 2.75) is 17.4 Å². The summed E-state index contributed by atoms with van der Waals surface area (Å²) in [7, 11) is -2.21. The third kappa shape index (κ3) is 3.21. The first-order valence-corrected chi connectivity index (χ1v) is 9.88. The molecular formula is C20H18N2O4S. The maximum absolute atomic E-state index is 13.2. The molecule has 1 atom stereocenters. The number of methoxy groups -OCH3 is 1. The molecule has 4 rings (SSSR count). The van der Waals surface area contributed by atoms with Crippen LogP contribution in [-0.4, -0.2) is 25.7 Å². The quantitative estimate of drug-likeness (QED) is 0.672. The van der Waals surface area contributed by atoms with Crippen molar-refractivity contribution in [2.24, 2.45) is 5.10 Å². The zero-order valence-electron chi connectivity index (χ0n) is 14.6. The monoisotopic (exact) mass is 382 g/mol. The van der Waals surface area contributed by atoms with E-state index in [9.17, 15) is 8.42 Å². The van der Waals surface area contributed by atoms with Crippen LogP contribution in [0.4, 0.5) is 0 Å². The Morgan fingerprint density at radius 2 is 1.78 bits per heavy atom. The molecule has 0 amide bonds. The summed E-state index contributed by atoms with van der Waals surface area (Å²) in [5.74, 6) is 1.29. The first-order chi connectivity index (χ1) is 13.1. The van der Waals surface area contributed by atoms with Crippen molar-refractivity contribution in [3.63, 3.8) is 0 Å². The van der Waals surface area contributed by atoms with Crippen LogP contribution in [0.15, 0.2) is 87.4 Å². The molecule has 0 bridgehead atoms. The SMILES string of the molecule is COc1ccc(C2=NN(S(=O)(=O)c3ccccc3)[C@@H](c3ccco3)C2)cc1. The first-order valence-electron chi connectivity index (χ1n) is 8.44. The van der Waals surface area contributed by atoms with Gasteiger partial charge in [-0.2, -0.15) is 17.9 Å². The summed E-state index contributed by atoms with van der Waals surface area (Å²) in [5.41, 5.74) is 1.52. The molecule has 0 spiro atoms. The lowest BCUT2D eigenvalue weighted by molar-refractivity contribution is 0.320. The van der Waals surface area contributed by atoms with E-state index < -0.39 is 16.1 Å². The predicted octanol–water partition coefficient (Wildman–Crippen LogP) is 3.83. The highest BCUT2D eigenvalue weighted by atomic mass is 32.2. The van der Waals surface area contributed by atoms with E-state index in [1.807, 2.05) is 24.3 Å². The predicted molar refractivity (Wildman–Crippen MR) is 101 cm³/mol.